The standard InChI is InChI=1S/C18H32FN3O5/c1-16(2,3)9-11(22(15(26)27)17(4,5)6)14(25)21-18(7-10(19)8-18)12(23)13(20)24/h10-12,23H,7-9H2,1-6H3,(H2,20,24)(H,21,25)(H,26,27)/t10-,11?,12-,18-/m1/s1. The van der Waals surface area contributed by atoms with Crippen LogP contribution in [0.1, 0.15) is 60.8 Å². The Morgan fingerprint density at radius 1 is 1.22 bits per heavy atom. The Labute approximate surface area is 159 Å². The van der Waals surface area contributed by atoms with Crippen LogP contribution in [-0.4, -0.2) is 62.4 Å². The Morgan fingerprint density at radius 3 is 2.00 bits per heavy atom. The monoisotopic (exact) mass is 389 g/mol. The lowest BCUT2D eigenvalue weighted by atomic mass is 9.70. The molecule has 5 N–H and O–H groups in total. The number of amides is 3. The summed E-state index contributed by atoms with van der Waals surface area (Å²) in [4.78, 5) is 37.4. The van der Waals surface area contributed by atoms with Crippen molar-refractivity contribution in [1.29, 1.82) is 0 Å². The molecule has 1 aliphatic rings. The number of primary amides is 1. The highest BCUT2D eigenvalue weighted by atomic mass is 19.1. The molecule has 1 aliphatic carbocycles. The van der Waals surface area contributed by atoms with Gasteiger partial charge in [-0.05, 0) is 32.6 Å². The molecule has 156 valence electrons. The van der Waals surface area contributed by atoms with E-state index in [1.165, 1.54) is 0 Å². The zero-order valence-corrected chi connectivity index (χ0v) is 16.9. The lowest BCUT2D eigenvalue weighted by Gasteiger charge is -2.48. The summed E-state index contributed by atoms with van der Waals surface area (Å²) in [6.07, 6.45) is -4.62. The summed E-state index contributed by atoms with van der Waals surface area (Å²) >= 11 is 0. The summed E-state index contributed by atoms with van der Waals surface area (Å²) < 4.78 is 13.5. The van der Waals surface area contributed by atoms with Gasteiger partial charge in [-0.2, -0.15) is 0 Å². The van der Waals surface area contributed by atoms with Crippen molar-refractivity contribution in [3.63, 3.8) is 0 Å². The van der Waals surface area contributed by atoms with Crippen molar-refractivity contribution in [3.05, 3.63) is 0 Å². The molecule has 27 heavy (non-hydrogen) atoms. The van der Waals surface area contributed by atoms with Gasteiger partial charge >= 0.3 is 6.09 Å². The topological polar surface area (TPSA) is 133 Å². The zero-order chi connectivity index (χ0) is 21.4. The van der Waals surface area contributed by atoms with Gasteiger partial charge in [-0.3, -0.25) is 14.5 Å². The van der Waals surface area contributed by atoms with Crippen LogP contribution in [0.4, 0.5) is 9.18 Å². The molecule has 0 bridgehead atoms. The maximum atomic E-state index is 13.5. The average Bonchev–Trinajstić information content (AvgIpc) is 2.39. The van der Waals surface area contributed by atoms with E-state index in [0.717, 1.165) is 4.90 Å². The fraction of sp³-hybridized carbons (Fsp3) is 0.833. The number of nitrogens with two attached hydrogens (primary N) is 1. The van der Waals surface area contributed by atoms with Gasteiger partial charge in [0.1, 0.15) is 12.2 Å². The minimum atomic E-state index is -1.75. The molecule has 1 fully saturated rings. The predicted molar refractivity (Wildman–Crippen MR) is 97.7 cm³/mol. The Kier molecular flexibility index (Phi) is 6.52. The summed E-state index contributed by atoms with van der Waals surface area (Å²) in [5, 5.41) is 22.3. The third-order valence-electron chi connectivity index (χ3n) is 4.69. The van der Waals surface area contributed by atoms with Gasteiger partial charge in [-0.1, -0.05) is 20.8 Å². The molecule has 8 nitrogen and oxygen atoms in total. The molecule has 1 rings (SSSR count). The van der Waals surface area contributed by atoms with Crippen LogP contribution in [-0.2, 0) is 9.59 Å². The first-order valence-corrected chi connectivity index (χ1v) is 8.96. The van der Waals surface area contributed by atoms with E-state index in [0.29, 0.717) is 0 Å². The van der Waals surface area contributed by atoms with Crippen molar-refractivity contribution in [2.24, 2.45) is 11.1 Å². The maximum absolute atomic E-state index is 13.5. The lowest BCUT2D eigenvalue weighted by Crippen LogP contribution is -2.70. The van der Waals surface area contributed by atoms with Crippen molar-refractivity contribution in [2.45, 2.75) is 90.2 Å². The second-order valence-electron chi connectivity index (χ2n) is 9.56. The van der Waals surface area contributed by atoms with Gasteiger partial charge in [0.15, 0.2) is 6.10 Å². The minimum Gasteiger partial charge on any atom is -0.465 e. The summed E-state index contributed by atoms with van der Waals surface area (Å²) in [5.74, 6) is -1.75. The van der Waals surface area contributed by atoms with Crippen LogP contribution in [0.5, 0.6) is 0 Å². The Balaban J connectivity index is 3.23. The third kappa shape index (κ3) is 5.54. The fourth-order valence-electron chi connectivity index (χ4n) is 3.49. The van der Waals surface area contributed by atoms with E-state index < -0.39 is 52.7 Å². The highest BCUT2D eigenvalue weighted by Gasteiger charge is 2.54. The molecule has 0 spiro atoms. The smallest absolute Gasteiger partial charge is 0.408 e. The van der Waals surface area contributed by atoms with Gasteiger partial charge < -0.3 is 21.3 Å². The quantitative estimate of drug-likeness (QED) is 0.545. The van der Waals surface area contributed by atoms with Crippen LogP contribution in [0.25, 0.3) is 0 Å². The Morgan fingerprint density at radius 2 is 1.70 bits per heavy atom. The Hall–Kier alpha value is -1.90. The number of alkyl halides is 1. The number of aliphatic hydroxyl groups excluding tert-OH is 1. The highest BCUT2D eigenvalue weighted by molar-refractivity contribution is 5.88. The average molecular weight is 389 g/mol. The number of hydrogen-bond donors (Lipinski definition) is 4. The van der Waals surface area contributed by atoms with Crippen LogP contribution in [0.2, 0.25) is 0 Å². The number of hydrogen-bond acceptors (Lipinski definition) is 4. The van der Waals surface area contributed by atoms with Crippen molar-refractivity contribution >= 4 is 17.9 Å². The van der Waals surface area contributed by atoms with Crippen molar-refractivity contribution < 1.29 is 29.0 Å². The molecule has 0 aromatic rings. The number of nitrogens with one attached hydrogen (secondary N) is 1. The molecular weight excluding hydrogens is 357 g/mol. The van der Waals surface area contributed by atoms with Gasteiger partial charge in [-0.25, -0.2) is 9.18 Å². The molecule has 0 aromatic heterocycles. The number of carbonyl (C=O) groups excluding carboxylic acids is 2. The second kappa shape index (κ2) is 7.61. The number of aliphatic hydroxyl groups is 1. The molecular formula is C18H32FN3O5. The largest absolute Gasteiger partial charge is 0.465 e. The van der Waals surface area contributed by atoms with E-state index in [1.54, 1.807) is 20.8 Å². The molecule has 2 atom stereocenters. The molecule has 0 radical (unpaired) electrons. The molecule has 0 heterocycles. The van der Waals surface area contributed by atoms with Crippen LogP contribution in [0.15, 0.2) is 0 Å². The second-order valence-corrected chi connectivity index (χ2v) is 9.56. The number of carboxylic acid groups (broad SMARTS) is 1. The van der Waals surface area contributed by atoms with Gasteiger partial charge in [0.25, 0.3) is 0 Å². The van der Waals surface area contributed by atoms with Crippen LogP contribution in [0.3, 0.4) is 0 Å². The van der Waals surface area contributed by atoms with E-state index in [-0.39, 0.29) is 19.3 Å². The molecule has 0 saturated heterocycles. The van der Waals surface area contributed by atoms with E-state index in [4.69, 9.17) is 5.73 Å². The molecule has 3 amide bonds. The maximum Gasteiger partial charge on any atom is 0.408 e. The van der Waals surface area contributed by atoms with E-state index in [1.807, 2.05) is 20.8 Å². The number of rotatable bonds is 6. The summed E-state index contributed by atoms with van der Waals surface area (Å²) in [6.45, 7) is 10.6. The lowest BCUT2D eigenvalue weighted by molar-refractivity contribution is -0.144. The molecule has 0 aliphatic heterocycles. The van der Waals surface area contributed by atoms with Crippen LogP contribution >= 0.6 is 0 Å². The van der Waals surface area contributed by atoms with E-state index in [9.17, 15) is 29.0 Å². The summed E-state index contributed by atoms with van der Waals surface area (Å²) in [5.41, 5.74) is 2.36. The number of carbonyl (C=O) groups is 3. The van der Waals surface area contributed by atoms with Gasteiger partial charge in [0, 0.05) is 18.4 Å². The van der Waals surface area contributed by atoms with Gasteiger partial charge in [-0.15, -0.1) is 0 Å². The number of nitrogens with zero attached hydrogens (tertiary/aromatic N) is 1. The third-order valence-corrected chi connectivity index (χ3v) is 4.69. The van der Waals surface area contributed by atoms with E-state index >= 15 is 0 Å². The highest BCUT2D eigenvalue weighted by Crippen LogP contribution is 2.38. The molecule has 1 saturated carbocycles. The normalized spacial score (nSPS) is 25.1. The first kappa shape index (κ1) is 23.1. The fourth-order valence-corrected chi connectivity index (χ4v) is 3.49. The van der Waals surface area contributed by atoms with Gasteiger partial charge in [0.05, 0.1) is 5.54 Å². The molecule has 9 heteroatoms. The Bertz CT molecular complexity index is 591. The minimum absolute atomic E-state index is 0.199. The van der Waals surface area contributed by atoms with Crippen LogP contribution in [0, 0.1) is 5.41 Å². The van der Waals surface area contributed by atoms with Crippen molar-refractivity contribution in [1.82, 2.24) is 10.2 Å². The van der Waals surface area contributed by atoms with Crippen molar-refractivity contribution in [3.8, 4) is 0 Å². The summed E-state index contributed by atoms with van der Waals surface area (Å²) in [7, 11) is 0. The number of halogens is 1. The predicted octanol–water partition coefficient (Wildman–Crippen LogP) is 1.40. The first-order chi connectivity index (χ1) is 12.0. The summed E-state index contributed by atoms with van der Waals surface area (Å²) in [6, 6.07) is -1.09. The van der Waals surface area contributed by atoms with Crippen LogP contribution < -0.4 is 11.1 Å². The molecule has 1 unspecified atom stereocenters. The van der Waals surface area contributed by atoms with Crippen molar-refractivity contribution in [2.75, 3.05) is 0 Å². The van der Waals surface area contributed by atoms with Gasteiger partial charge in [0.2, 0.25) is 11.8 Å². The molecule has 0 aromatic carbocycles. The first-order valence-electron chi connectivity index (χ1n) is 8.96. The zero-order valence-electron chi connectivity index (χ0n) is 16.9. The van der Waals surface area contributed by atoms with E-state index in [2.05, 4.69) is 5.32 Å². The SMILES string of the molecule is CC(C)(C)CC(C(=O)N[C@]1([C@H](O)C(N)=O)C[C@@H](F)C1)N(C(=O)O)C(C)(C)C.